The van der Waals surface area contributed by atoms with Crippen molar-refractivity contribution < 1.29 is 4.79 Å². The Hall–Kier alpha value is -2.46. The Labute approximate surface area is 145 Å². The summed E-state index contributed by atoms with van der Waals surface area (Å²) in [4.78, 5) is 25.2. The molecule has 0 aliphatic carbocycles. The van der Waals surface area contributed by atoms with Crippen LogP contribution >= 0.6 is 11.3 Å². The van der Waals surface area contributed by atoms with Gasteiger partial charge in [-0.1, -0.05) is 6.92 Å². The van der Waals surface area contributed by atoms with Gasteiger partial charge in [0.2, 0.25) is 5.91 Å². The van der Waals surface area contributed by atoms with E-state index in [4.69, 9.17) is 5.26 Å². The Bertz CT molecular complexity index is 758. The van der Waals surface area contributed by atoms with E-state index in [2.05, 4.69) is 27.9 Å². The van der Waals surface area contributed by atoms with Crippen molar-refractivity contribution in [2.75, 3.05) is 31.1 Å². The Morgan fingerprint density at radius 2 is 2.17 bits per heavy atom. The molecule has 1 fully saturated rings. The number of amides is 1. The van der Waals surface area contributed by atoms with Crippen LogP contribution < -0.4 is 4.90 Å². The summed E-state index contributed by atoms with van der Waals surface area (Å²) in [6.45, 7) is 4.86. The second-order valence-electron chi connectivity index (χ2n) is 5.65. The number of thiazole rings is 1. The highest BCUT2D eigenvalue weighted by Gasteiger charge is 2.22. The normalized spacial score (nSPS) is 14.5. The molecule has 1 aliphatic rings. The van der Waals surface area contributed by atoms with E-state index in [0.717, 1.165) is 36.0 Å². The first-order chi connectivity index (χ1) is 11.7. The molecule has 0 N–H and O–H groups in total. The molecule has 0 spiro atoms. The molecule has 3 heterocycles. The van der Waals surface area contributed by atoms with Crippen molar-refractivity contribution in [2.45, 2.75) is 19.8 Å². The summed E-state index contributed by atoms with van der Waals surface area (Å²) in [6, 6.07) is 5.62. The fourth-order valence-electron chi connectivity index (χ4n) is 2.71. The molecule has 2 aromatic rings. The summed E-state index contributed by atoms with van der Waals surface area (Å²) >= 11 is 1.61. The molecule has 1 aliphatic heterocycles. The van der Waals surface area contributed by atoms with Crippen LogP contribution in [-0.4, -0.2) is 47.0 Å². The van der Waals surface area contributed by atoms with Crippen LogP contribution in [0.25, 0.3) is 0 Å². The minimum atomic E-state index is 0.126. The molecule has 3 rings (SSSR count). The average molecular weight is 341 g/mol. The summed E-state index contributed by atoms with van der Waals surface area (Å²) in [5.41, 5.74) is 1.47. The number of aryl methyl sites for hydroxylation is 1. The molecule has 2 aromatic heterocycles. The first-order valence-corrected chi connectivity index (χ1v) is 8.89. The number of anilines is 1. The second-order valence-corrected chi connectivity index (χ2v) is 6.59. The van der Waals surface area contributed by atoms with Gasteiger partial charge >= 0.3 is 0 Å². The van der Waals surface area contributed by atoms with Gasteiger partial charge in [-0.2, -0.15) is 5.26 Å². The summed E-state index contributed by atoms with van der Waals surface area (Å²) in [7, 11) is 0. The molecular formula is C17H19N5OS. The van der Waals surface area contributed by atoms with Gasteiger partial charge in [0, 0.05) is 37.8 Å². The molecule has 1 amide bonds. The van der Waals surface area contributed by atoms with E-state index >= 15 is 0 Å². The van der Waals surface area contributed by atoms with Crippen molar-refractivity contribution >= 4 is 23.1 Å². The lowest BCUT2D eigenvalue weighted by molar-refractivity contribution is -0.130. The molecule has 0 aromatic carbocycles. The molecule has 0 unspecified atom stereocenters. The molecule has 7 heteroatoms. The van der Waals surface area contributed by atoms with Crippen LogP contribution in [-0.2, 0) is 17.6 Å². The molecule has 1 saturated heterocycles. The fraction of sp³-hybridized carbons (Fsp3) is 0.412. The Kier molecular flexibility index (Phi) is 5.06. The number of aromatic nitrogens is 2. The number of hydrogen-bond donors (Lipinski definition) is 0. The van der Waals surface area contributed by atoms with Crippen molar-refractivity contribution in [1.82, 2.24) is 14.9 Å². The second kappa shape index (κ2) is 7.41. The fourth-order valence-corrected chi connectivity index (χ4v) is 3.45. The molecule has 6 nitrogen and oxygen atoms in total. The predicted molar refractivity (Wildman–Crippen MR) is 92.9 cm³/mol. The summed E-state index contributed by atoms with van der Waals surface area (Å²) < 4.78 is 0. The lowest BCUT2D eigenvalue weighted by Crippen LogP contribution is -2.49. The van der Waals surface area contributed by atoms with Gasteiger partial charge < -0.3 is 9.80 Å². The van der Waals surface area contributed by atoms with Crippen molar-refractivity contribution in [3.05, 3.63) is 40.0 Å². The first-order valence-electron chi connectivity index (χ1n) is 8.01. The van der Waals surface area contributed by atoms with Gasteiger partial charge in [-0.15, -0.1) is 11.3 Å². The third-order valence-electron chi connectivity index (χ3n) is 4.07. The number of carbonyl (C=O) groups excluding carboxylic acids is 1. The maximum atomic E-state index is 12.4. The summed E-state index contributed by atoms with van der Waals surface area (Å²) in [6.07, 6.45) is 2.93. The topological polar surface area (TPSA) is 73.1 Å². The van der Waals surface area contributed by atoms with Gasteiger partial charge in [0.15, 0.2) is 0 Å². The Morgan fingerprint density at radius 3 is 2.83 bits per heavy atom. The van der Waals surface area contributed by atoms with Crippen LogP contribution in [0.3, 0.4) is 0 Å². The van der Waals surface area contributed by atoms with Crippen LogP contribution in [0.2, 0.25) is 0 Å². The summed E-state index contributed by atoms with van der Waals surface area (Å²) in [5, 5.41) is 12.0. The predicted octanol–water partition coefficient (Wildman–Crippen LogP) is 1.86. The summed E-state index contributed by atoms with van der Waals surface area (Å²) in [5.74, 6) is 0.926. The van der Waals surface area contributed by atoms with Gasteiger partial charge in [0.25, 0.3) is 0 Å². The highest BCUT2D eigenvalue weighted by atomic mass is 32.1. The van der Waals surface area contributed by atoms with Crippen LogP contribution in [0.15, 0.2) is 23.7 Å². The lowest BCUT2D eigenvalue weighted by Gasteiger charge is -2.35. The number of nitriles is 1. The van der Waals surface area contributed by atoms with Gasteiger partial charge in [-0.3, -0.25) is 4.79 Å². The largest absolute Gasteiger partial charge is 0.353 e. The van der Waals surface area contributed by atoms with E-state index in [1.807, 2.05) is 10.3 Å². The van der Waals surface area contributed by atoms with E-state index in [-0.39, 0.29) is 5.91 Å². The van der Waals surface area contributed by atoms with Gasteiger partial charge in [-0.05, 0) is 18.6 Å². The lowest BCUT2D eigenvalue weighted by atomic mass is 10.2. The molecular weight excluding hydrogens is 322 g/mol. The highest BCUT2D eigenvalue weighted by molar-refractivity contribution is 7.09. The molecule has 0 atom stereocenters. The Morgan fingerprint density at radius 1 is 1.38 bits per heavy atom. The molecule has 24 heavy (non-hydrogen) atoms. The van der Waals surface area contributed by atoms with E-state index in [9.17, 15) is 4.79 Å². The maximum absolute atomic E-state index is 12.4. The quantitative estimate of drug-likeness (QED) is 0.849. The zero-order chi connectivity index (χ0) is 16.9. The number of carbonyl (C=O) groups is 1. The standard InChI is InChI=1S/C17H19N5OS/c1-2-16-20-14(12-24-16)10-17(23)22-7-5-21(6-8-22)15-9-13(11-18)3-4-19-15/h3-4,9,12H,2,5-8,10H2,1H3. The Balaban J connectivity index is 1.56. The van der Waals surface area contributed by atoms with Crippen LogP contribution in [0.4, 0.5) is 5.82 Å². The number of pyridine rings is 1. The number of nitrogens with zero attached hydrogens (tertiary/aromatic N) is 5. The third kappa shape index (κ3) is 3.71. The van der Waals surface area contributed by atoms with E-state index in [1.54, 1.807) is 29.7 Å². The minimum absolute atomic E-state index is 0.126. The van der Waals surface area contributed by atoms with Gasteiger partial charge in [-0.25, -0.2) is 9.97 Å². The molecule has 0 saturated carbocycles. The van der Waals surface area contributed by atoms with Gasteiger partial charge in [0.1, 0.15) is 5.82 Å². The SMILES string of the molecule is CCc1nc(CC(=O)N2CCN(c3cc(C#N)ccn3)CC2)cs1. The highest BCUT2D eigenvalue weighted by Crippen LogP contribution is 2.16. The third-order valence-corrected chi connectivity index (χ3v) is 5.11. The van der Waals surface area contributed by atoms with Crippen molar-refractivity contribution in [1.29, 1.82) is 5.26 Å². The average Bonchev–Trinajstić information content (AvgIpc) is 3.09. The van der Waals surface area contributed by atoms with Crippen LogP contribution in [0, 0.1) is 11.3 Å². The number of rotatable bonds is 4. The van der Waals surface area contributed by atoms with E-state index in [1.165, 1.54) is 0 Å². The maximum Gasteiger partial charge on any atom is 0.228 e. The van der Waals surface area contributed by atoms with Gasteiger partial charge in [0.05, 0.1) is 28.8 Å². The molecule has 0 radical (unpaired) electrons. The number of hydrogen-bond acceptors (Lipinski definition) is 6. The zero-order valence-electron chi connectivity index (χ0n) is 13.6. The zero-order valence-corrected chi connectivity index (χ0v) is 14.4. The first kappa shape index (κ1) is 16.4. The molecule has 0 bridgehead atoms. The monoisotopic (exact) mass is 341 g/mol. The van der Waals surface area contributed by atoms with Crippen LogP contribution in [0.1, 0.15) is 23.2 Å². The van der Waals surface area contributed by atoms with E-state index < -0.39 is 0 Å². The minimum Gasteiger partial charge on any atom is -0.353 e. The smallest absolute Gasteiger partial charge is 0.228 e. The van der Waals surface area contributed by atoms with Crippen molar-refractivity contribution in [2.24, 2.45) is 0 Å². The van der Waals surface area contributed by atoms with Crippen molar-refractivity contribution in [3.8, 4) is 6.07 Å². The molecule has 124 valence electrons. The van der Waals surface area contributed by atoms with E-state index in [0.29, 0.717) is 25.1 Å². The van der Waals surface area contributed by atoms with Crippen molar-refractivity contribution in [3.63, 3.8) is 0 Å². The van der Waals surface area contributed by atoms with Crippen LogP contribution in [0.5, 0.6) is 0 Å². The number of piperazine rings is 1.